The molecule has 1 aromatic rings. The maximum Gasteiger partial charge on any atom is 0.335 e. The zero-order chi connectivity index (χ0) is 12.6. The van der Waals surface area contributed by atoms with E-state index >= 15 is 0 Å². The van der Waals surface area contributed by atoms with Crippen LogP contribution in [0, 0.1) is 0 Å². The number of thiol groups is 1. The predicted molar refractivity (Wildman–Crippen MR) is 64.8 cm³/mol. The number of amides is 1. The van der Waals surface area contributed by atoms with Crippen LogP contribution in [0.15, 0.2) is 18.2 Å². The fraction of sp³-hybridized carbons (Fsp3) is 0.273. The Kier molecular flexibility index (Phi) is 2.97. The monoisotopic (exact) mass is 253 g/mol. The molecule has 90 valence electrons. The summed E-state index contributed by atoms with van der Waals surface area (Å²) in [5.74, 6) is -1.45. The lowest BCUT2D eigenvalue weighted by Crippen LogP contribution is -2.24. The lowest BCUT2D eigenvalue weighted by Gasteiger charge is -2.17. The molecule has 1 amide bonds. The van der Waals surface area contributed by atoms with E-state index in [0.29, 0.717) is 18.7 Å². The second kappa shape index (κ2) is 4.29. The number of benzene rings is 1. The van der Waals surface area contributed by atoms with E-state index in [0.717, 1.165) is 6.07 Å². The van der Waals surface area contributed by atoms with Crippen LogP contribution in [0.3, 0.4) is 0 Å². The molecule has 17 heavy (non-hydrogen) atoms. The van der Waals surface area contributed by atoms with Crippen molar-refractivity contribution in [3.8, 4) is 5.75 Å². The minimum absolute atomic E-state index is 0.0136. The number of carboxylic acid groups (broad SMARTS) is 1. The van der Waals surface area contributed by atoms with Crippen LogP contribution in [0.4, 0.5) is 5.69 Å². The molecule has 1 aliphatic rings. The van der Waals surface area contributed by atoms with E-state index in [-0.39, 0.29) is 22.5 Å². The number of aromatic hydroxyl groups is 1. The number of carbonyl (C=O) groups excluding carboxylic acids is 1. The zero-order valence-corrected chi connectivity index (χ0v) is 9.72. The highest BCUT2D eigenvalue weighted by Crippen LogP contribution is 2.32. The maximum absolute atomic E-state index is 11.6. The molecular formula is C11H11NO4S. The third kappa shape index (κ3) is 2.21. The Labute approximate surface area is 103 Å². The third-order valence-corrected chi connectivity index (χ3v) is 2.96. The number of aromatic carboxylic acids is 1. The molecule has 6 heteroatoms. The molecule has 1 aromatic carbocycles. The lowest BCUT2D eigenvalue weighted by atomic mass is 10.2. The SMILES string of the molecule is O=C(O)c1ccc(N2CC(S)CC2=O)c(O)c1. The topological polar surface area (TPSA) is 77.8 Å². The van der Waals surface area contributed by atoms with Crippen molar-refractivity contribution in [2.75, 3.05) is 11.4 Å². The summed E-state index contributed by atoms with van der Waals surface area (Å²) in [6, 6.07) is 3.93. The van der Waals surface area contributed by atoms with Gasteiger partial charge in [0.05, 0.1) is 11.3 Å². The Morgan fingerprint density at radius 2 is 2.18 bits per heavy atom. The lowest BCUT2D eigenvalue weighted by molar-refractivity contribution is -0.117. The molecular weight excluding hydrogens is 242 g/mol. The molecule has 0 bridgehead atoms. The molecule has 0 spiro atoms. The van der Waals surface area contributed by atoms with E-state index in [9.17, 15) is 14.7 Å². The van der Waals surface area contributed by atoms with Crippen molar-refractivity contribution in [2.45, 2.75) is 11.7 Å². The Hall–Kier alpha value is -1.69. The first-order valence-corrected chi connectivity index (χ1v) is 5.55. The summed E-state index contributed by atoms with van der Waals surface area (Å²) in [6.07, 6.45) is 0.323. The number of phenols is 1. The predicted octanol–water partition coefficient (Wildman–Crippen LogP) is 1.13. The van der Waals surface area contributed by atoms with Crippen LogP contribution in [0.25, 0.3) is 0 Å². The van der Waals surface area contributed by atoms with Crippen molar-refractivity contribution in [3.63, 3.8) is 0 Å². The fourth-order valence-corrected chi connectivity index (χ4v) is 2.13. The molecule has 0 aromatic heterocycles. The molecule has 1 atom stereocenters. The highest BCUT2D eigenvalue weighted by Gasteiger charge is 2.30. The van der Waals surface area contributed by atoms with Gasteiger partial charge >= 0.3 is 5.97 Å². The van der Waals surface area contributed by atoms with E-state index in [2.05, 4.69) is 12.6 Å². The molecule has 0 saturated carbocycles. The summed E-state index contributed by atoms with van der Waals surface area (Å²) in [5.41, 5.74) is 0.317. The molecule has 0 radical (unpaired) electrons. The number of phenolic OH excluding ortho intramolecular Hbond substituents is 1. The van der Waals surface area contributed by atoms with Gasteiger partial charge in [-0.2, -0.15) is 12.6 Å². The number of nitrogens with zero attached hydrogens (tertiary/aromatic N) is 1. The van der Waals surface area contributed by atoms with Gasteiger partial charge in [-0.25, -0.2) is 4.79 Å². The quantitative estimate of drug-likeness (QED) is 0.690. The van der Waals surface area contributed by atoms with Gasteiger partial charge in [-0.15, -0.1) is 0 Å². The second-order valence-electron chi connectivity index (χ2n) is 3.87. The Morgan fingerprint density at radius 3 is 2.65 bits per heavy atom. The normalized spacial score (nSPS) is 19.7. The van der Waals surface area contributed by atoms with Crippen molar-refractivity contribution in [1.82, 2.24) is 0 Å². The first kappa shape index (κ1) is 11.8. The Balaban J connectivity index is 2.34. The van der Waals surface area contributed by atoms with Crippen LogP contribution in [0.1, 0.15) is 16.8 Å². The summed E-state index contributed by atoms with van der Waals surface area (Å²) in [5, 5.41) is 18.4. The van der Waals surface area contributed by atoms with Crippen LogP contribution in [-0.4, -0.2) is 33.9 Å². The molecule has 1 fully saturated rings. The van der Waals surface area contributed by atoms with Crippen LogP contribution in [-0.2, 0) is 4.79 Å². The van der Waals surface area contributed by atoms with Gasteiger partial charge in [-0.1, -0.05) is 0 Å². The van der Waals surface area contributed by atoms with Crippen LogP contribution in [0.5, 0.6) is 5.75 Å². The summed E-state index contributed by atoms with van der Waals surface area (Å²) in [7, 11) is 0. The second-order valence-corrected chi connectivity index (χ2v) is 4.60. The van der Waals surface area contributed by atoms with Gasteiger partial charge in [0.2, 0.25) is 5.91 Å². The number of hydrogen-bond donors (Lipinski definition) is 3. The van der Waals surface area contributed by atoms with Crippen LogP contribution >= 0.6 is 12.6 Å². The van der Waals surface area contributed by atoms with Gasteiger partial charge in [-0.05, 0) is 18.2 Å². The van der Waals surface area contributed by atoms with Crippen LogP contribution < -0.4 is 4.90 Å². The van der Waals surface area contributed by atoms with E-state index in [1.807, 2.05) is 0 Å². The number of carboxylic acids is 1. The molecule has 1 unspecified atom stereocenters. The molecule has 2 N–H and O–H groups in total. The number of anilines is 1. The van der Waals surface area contributed by atoms with Crippen molar-refractivity contribution >= 4 is 30.2 Å². The minimum atomic E-state index is -1.12. The fourth-order valence-electron chi connectivity index (χ4n) is 1.81. The van der Waals surface area contributed by atoms with E-state index in [1.54, 1.807) is 0 Å². The maximum atomic E-state index is 11.6. The minimum Gasteiger partial charge on any atom is -0.506 e. The number of carbonyl (C=O) groups is 2. The van der Waals surface area contributed by atoms with E-state index < -0.39 is 5.97 Å². The van der Waals surface area contributed by atoms with Crippen LogP contribution in [0.2, 0.25) is 0 Å². The molecule has 2 rings (SSSR count). The Morgan fingerprint density at radius 1 is 1.47 bits per heavy atom. The summed E-state index contributed by atoms with van der Waals surface area (Å²) < 4.78 is 0. The smallest absolute Gasteiger partial charge is 0.335 e. The van der Waals surface area contributed by atoms with Gasteiger partial charge in [0.1, 0.15) is 5.75 Å². The highest BCUT2D eigenvalue weighted by molar-refractivity contribution is 7.81. The average Bonchev–Trinajstić information content (AvgIpc) is 2.57. The largest absolute Gasteiger partial charge is 0.506 e. The summed E-state index contributed by atoms with van der Waals surface area (Å²) >= 11 is 4.21. The van der Waals surface area contributed by atoms with Gasteiger partial charge in [0.15, 0.2) is 0 Å². The van der Waals surface area contributed by atoms with Gasteiger partial charge < -0.3 is 15.1 Å². The molecule has 5 nitrogen and oxygen atoms in total. The standard InChI is InChI=1S/C11H11NO4S/c13-9-3-6(11(15)16)1-2-8(9)12-5-7(17)4-10(12)14/h1-3,7,13,17H,4-5H2,(H,15,16). The summed E-state index contributed by atoms with van der Waals surface area (Å²) in [4.78, 5) is 23.7. The zero-order valence-electron chi connectivity index (χ0n) is 8.83. The van der Waals surface area contributed by atoms with Crippen molar-refractivity contribution in [2.24, 2.45) is 0 Å². The van der Waals surface area contributed by atoms with Gasteiger partial charge in [0, 0.05) is 18.2 Å². The first-order valence-electron chi connectivity index (χ1n) is 5.04. The van der Waals surface area contributed by atoms with E-state index in [4.69, 9.17) is 5.11 Å². The first-order chi connectivity index (χ1) is 7.99. The third-order valence-electron chi connectivity index (χ3n) is 2.62. The van der Waals surface area contributed by atoms with E-state index in [1.165, 1.54) is 17.0 Å². The van der Waals surface area contributed by atoms with Crippen molar-refractivity contribution in [1.29, 1.82) is 0 Å². The van der Waals surface area contributed by atoms with Gasteiger partial charge in [-0.3, -0.25) is 4.79 Å². The Bertz CT molecular complexity index is 488. The molecule has 1 heterocycles. The average molecular weight is 253 g/mol. The summed E-state index contributed by atoms with van der Waals surface area (Å²) in [6.45, 7) is 0.419. The van der Waals surface area contributed by atoms with Crippen molar-refractivity contribution < 1.29 is 19.8 Å². The molecule has 1 aliphatic heterocycles. The van der Waals surface area contributed by atoms with Crippen molar-refractivity contribution in [3.05, 3.63) is 23.8 Å². The number of hydrogen-bond acceptors (Lipinski definition) is 4. The number of rotatable bonds is 2. The molecule has 0 aliphatic carbocycles. The highest BCUT2D eigenvalue weighted by atomic mass is 32.1. The van der Waals surface area contributed by atoms with Gasteiger partial charge in [0.25, 0.3) is 0 Å². The molecule has 1 saturated heterocycles.